The third-order valence-electron chi connectivity index (χ3n) is 4.52. The zero-order chi connectivity index (χ0) is 19.2. The first kappa shape index (κ1) is 19.0. The molecular formula is C19H24FN5O2. The van der Waals surface area contributed by atoms with Crippen LogP contribution in [0.2, 0.25) is 0 Å². The van der Waals surface area contributed by atoms with E-state index in [2.05, 4.69) is 15.7 Å². The number of carbonyl (C=O) groups excluding carboxylic acids is 2. The molecule has 0 radical (unpaired) electrons. The minimum atomic E-state index is -0.317. The van der Waals surface area contributed by atoms with E-state index in [0.29, 0.717) is 38.2 Å². The van der Waals surface area contributed by atoms with Crippen molar-refractivity contribution in [1.82, 2.24) is 25.3 Å². The third kappa shape index (κ3) is 5.13. The van der Waals surface area contributed by atoms with E-state index in [1.807, 2.05) is 22.6 Å². The maximum atomic E-state index is 13.6. The molecule has 0 fully saturated rings. The summed E-state index contributed by atoms with van der Waals surface area (Å²) in [7, 11) is 0. The summed E-state index contributed by atoms with van der Waals surface area (Å²) in [5.41, 5.74) is 2.31. The van der Waals surface area contributed by atoms with Gasteiger partial charge in [-0.25, -0.2) is 4.39 Å². The molecule has 0 bridgehead atoms. The molecule has 0 aliphatic carbocycles. The number of nitrogens with one attached hydrogen (secondary N) is 2. The average Bonchev–Trinajstić information content (AvgIpc) is 3.07. The average molecular weight is 373 g/mol. The lowest BCUT2D eigenvalue weighted by Crippen LogP contribution is -2.41. The Hall–Kier alpha value is -2.74. The second kappa shape index (κ2) is 8.77. The first-order valence-corrected chi connectivity index (χ1v) is 9.10. The van der Waals surface area contributed by atoms with Crippen molar-refractivity contribution in [3.63, 3.8) is 0 Å². The summed E-state index contributed by atoms with van der Waals surface area (Å²) < 4.78 is 15.5. The van der Waals surface area contributed by atoms with Crippen LogP contribution in [0.15, 0.2) is 30.3 Å². The fraction of sp³-hybridized carbons (Fsp3) is 0.421. The Kier molecular flexibility index (Phi) is 6.18. The van der Waals surface area contributed by atoms with Crippen LogP contribution in [-0.2, 0) is 35.8 Å². The molecule has 1 aliphatic heterocycles. The smallest absolute Gasteiger partial charge is 0.234 e. The van der Waals surface area contributed by atoms with E-state index in [4.69, 9.17) is 0 Å². The van der Waals surface area contributed by atoms with Crippen molar-refractivity contribution in [2.24, 2.45) is 0 Å². The first-order chi connectivity index (χ1) is 13.0. The van der Waals surface area contributed by atoms with Gasteiger partial charge in [0.2, 0.25) is 11.8 Å². The molecule has 8 heteroatoms. The predicted molar refractivity (Wildman–Crippen MR) is 97.9 cm³/mol. The topological polar surface area (TPSA) is 79.3 Å². The summed E-state index contributed by atoms with van der Waals surface area (Å²) in [6, 6.07) is 8.37. The number of hydrogen-bond acceptors (Lipinski definition) is 4. The highest BCUT2D eigenvalue weighted by atomic mass is 19.1. The lowest BCUT2D eigenvalue weighted by atomic mass is 10.2. The molecule has 3 rings (SSSR count). The molecular weight excluding hydrogens is 349 g/mol. The molecule has 0 unspecified atom stereocenters. The van der Waals surface area contributed by atoms with Crippen molar-refractivity contribution in [1.29, 1.82) is 0 Å². The number of hydrogen-bond donors (Lipinski definition) is 2. The van der Waals surface area contributed by atoms with Gasteiger partial charge < -0.3 is 10.6 Å². The summed E-state index contributed by atoms with van der Waals surface area (Å²) in [4.78, 5) is 25.6. The van der Waals surface area contributed by atoms with E-state index >= 15 is 0 Å². The Morgan fingerprint density at radius 2 is 1.93 bits per heavy atom. The minimum absolute atomic E-state index is 0.00544. The van der Waals surface area contributed by atoms with Gasteiger partial charge in [0.25, 0.3) is 0 Å². The number of rotatable bonds is 7. The summed E-state index contributed by atoms with van der Waals surface area (Å²) in [6.07, 6.45) is 0.448. The predicted octanol–water partition coefficient (Wildman–Crippen LogP) is 1.18. The van der Waals surface area contributed by atoms with Crippen LogP contribution in [0.4, 0.5) is 4.39 Å². The summed E-state index contributed by atoms with van der Waals surface area (Å²) in [5.74, 6) is -0.460. The summed E-state index contributed by atoms with van der Waals surface area (Å²) in [6.45, 7) is 4.67. The number of benzene rings is 1. The van der Waals surface area contributed by atoms with Gasteiger partial charge in [0.05, 0.1) is 31.0 Å². The number of halogens is 1. The second-order valence-corrected chi connectivity index (χ2v) is 6.56. The van der Waals surface area contributed by atoms with E-state index in [9.17, 15) is 14.0 Å². The highest BCUT2D eigenvalue weighted by molar-refractivity contribution is 5.78. The quantitative estimate of drug-likeness (QED) is 0.764. The molecule has 2 N–H and O–H groups in total. The number of nitrogens with zero attached hydrogens (tertiary/aromatic N) is 3. The molecule has 27 heavy (non-hydrogen) atoms. The Morgan fingerprint density at radius 1 is 1.15 bits per heavy atom. The van der Waals surface area contributed by atoms with Crippen LogP contribution in [0, 0.1) is 5.82 Å². The van der Waals surface area contributed by atoms with Crippen LogP contribution in [-0.4, -0.2) is 39.6 Å². The maximum absolute atomic E-state index is 13.6. The monoisotopic (exact) mass is 373 g/mol. The van der Waals surface area contributed by atoms with Crippen molar-refractivity contribution >= 4 is 11.8 Å². The lowest BCUT2D eigenvalue weighted by molar-refractivity contribution is -0.123. The van der Waals surface area contributed by atoms with Crippen LogP contribution < -0.4 is 10.6 Å². The highest BCUT2D eigenvalue weighted by Crippen LogP contribution is 2.13. The molecule has 144 valence electrons. The van der Waals surface area contributed by atoms with Gasteiger partial charge in [-0.15, -0.1) is 0 Å². The Morgan fingerprint density at radius 3 is 2.70 bits per heavy atom. The van der Waals surface area contributed by atoms with Crippen LogP contribution in [0.5, 0.6) is 0 Å². The molecule has 1 aromatic heterocycles. The second-order valence-electron chi connectivity index (χ2n) is 6.56. The van der Waals surface area contributed by atoms with Crippen molar-refractivity contribution in [2.45, 2.75) is 39.5 Å². The first-order valence-electron chi connectivity index (χ1n) is 9.10. The minimum Gasteiger partial charge on any atom is -0.351 e. The maximum Gasteiger partial charge on any atom is 0.234 e. The zero-order valence-electron chi connectivity index (χ0n) is 15.4. The Balaban J connectivity index is 1.49. The van der Waals surface area contributed by atoms with Crippen LogP contribution >= 0.6 is 0 Å². The van der Waals surface area contributed by atoms with E-state index in [-0.39, 0.29) is 30.7 Å². The van der Waals surface area contributed by atoms with E-state index < -0.39 is 0 Å². The molecule has 0 saturated heterocycles. The Labute approximate surface area is 157 Å². The van der Waals surface area contributed by atoms with Gasteiger partial charge in [0.15, 0.2) is 0 Å². The zero-order valence-corrected chi connectivity index (χ0v) is 15.4. The fourth-order valence-corrected chi connectivity index (χ4v) is 3.01. The number of amides is 2. The number of fused-ring (bicyclic) bond motifs is 1. The van der Waals surface area contributed by atoms with Crippen molar-refractivity contribution in [3.05, 3.63) is 53.1 Å². The van der Waals surface area contributed by atoms with Gasteiger partial charge in [0.1, 0.15) is 5.82 Å². The van der Waals surface area contributed by atoms with Crippen molar-refractivity contribution in [2.75, 3.05) is 13.1 Å². The van der Waals surface area contributed by atoms with Crippen molar-refractivity contribution < 1.29 is 14.0 Å². The van der Waals surface area contributed by atoms with Crippen molar-refractivity contribution in [3.8, 4) is 0 Å². The van der Waals surface area contributed by atoms with Gasteiger partial charge in [-0.05, 0) is 12.1 Å². The summed E-state index contributed by atoms with van der Waals surface area (Å²) >= 11 is 0. The Bertz CT molecular complexity index is 820. The van der Waals surface area contributed by atoms with E-state index in [0.717, 1.165) is 11.4 Å². The van der Waals surface area contributed by atoms with Gasteiger partial charge in [-0.1, -0.05) is 25.1 Å². The van der Waals surface area contributed by atoms with Gasteiger partial charge >= 0.3 is 0 Å². The molecule has 1 aliphatic rings. The van der Waals surface area contributed by atoms with Crippen LogP contribution in [0.3, 0.4) is 0 Å². The number of carbonyl (C=O) groups is 2. The van der Waals surface area contributed by atoms with Gasteiger partial charge in [0, 0.05) is 31.6 Å². The number of aromatic nitrogens is 2. The molecule has 0 atom stereocenters. The van der Waals surface area contributed by atoms with Crippen LogP contribution in [0.25, 0.3) is 0 Å². The van der Waals surface area contributed by atoms with Gasteiger partial charge in [-0.3, -0.25) is 19.2 Å². The highest BCUT2D eigenvalue weighted by Gasteiger charge is 2.20. The van der Waals surface area contributed by atoms with Crippen LogP contribution in [0.1, 0.15) is 30.3 Å². The molecule has 7 nitrogen and oxygen atoms in total. The lowest BCUT2D eigenvalue weighted by Gasteiger charge is -2.26. The molecule has 2 amide bonds. The fourth-order valence-electron chi connectivity index (χ4n) is 3.01. The molecule has 2 heterocycles. The standard InChI is InChI=1S/C19H24FN5O2/c1-2-18(26)22-11-15-9-16-12-24(7-8-25(16)23-15)13-19(27)21-10-14-5-3-4-6-17(14)20/h3-6,9H,2,7-8,10-13H2,1H3,(H,21,27)(H,22,26). The summed E-state index contributed by atoms with van der Waals surface area (Å²) in [5, 5.41) is 10.1. The molecule has 0 spiro atoms. The molecule has 1 aromatic carbocycles. The third-order valence-corrected chi connectivity index (χ3v) is 4.52. The molecule has 2 aromatic rings. The largest absolute Gasteiger partial charge is 0.351 e. The van der Waals surface area contributed by atoms with E-state index in [1.165, 1.54) is 6.07 Å². The normalized spacial score (nSPS) is 13.9. The SMILES string of the molecule is CCC(=O)NCc1cc2n(n1)CCN(CC(=O)NCc1ccccc1F)C2. The molecule has 0 saturated carbocycles. The van der Waals surface area contributed by atoms with Gasteiger partial charge in [-0.2, -0.15) is 5.10 Å². The van der Waals surface area contributed by atoms with E-state index in [1.54, 1.807) is 18.2 Å².